The molecule has 2 unspecified atom stereocenters. The summed E-state index contributed by atoms with van der Waals surface area (Å²) in [6.45, 7) is 4.24. The van der Waals surface area contributed by atoms with Crippen LogP contribution in [0.2, 0.25) is 0 Å². The first kappa shape index (κ1) is 43.6. The Kier molecular flexibility index (Phi) is 35.9. The molecule has 0 heterocycles. The third-order valence-corrected chi connectivity index (χ3v) is 8.92. The van der Waals surface area contributed by atoms with Crippen molar-refractivity contribution in [1.29, 1.82) is 0 Å². The molecule has 0 saturated carbocycles. The maximum Gasteiger partial charge on any atom is 0.220 e. The second kappa shape index (κ2) is 37.1. The highest BCUT2D eigenvalue weighted by Crippen LogP contribution is 2.15. The van der Waals surface area contributed by atoms with Gasteiger partial charge in [-0.05, 0) is 44.9 Å². The molecule has 0 bridgehead atoms. The van der Waals surface area contributed by atoms with Crippen molar-refractivity contribution in [3.63, 3.8) is 0 Å². The molecule has 0 aromatic rings. The van der Waals surface area contributed by atoms with Crippen LogP contribution in [-0.2, 0) is 4.79 Å². The van der Waals surface area contributed by atoms with E-state index in [9.17, 15) is 15.0 Å². The van der Waals surface area contributed by atoms with E-state index in [1.165, 1.54) is 116 Å². The number of hydrogen-bond acceptors (Lipinski definition) is 3. The first-order valence-electron chi connectivity index (χ1n) is 19.7. The minimum atomic E-state index is -0.665. The number of allylic oxidation sites excluding steroid dienone is 6. The van der Waals surface area contributed by atoms with Crippen LogP contribution in [0.3, 0.4) is 0 Å². The Morgan fingerprint density at radius 1 is 0.556 bits per heavy atom. The number of amides is 1. The van der Waals surface area contributed by atoms with Crippen LogP contribution in [0.25, 0.3) is 0 Å². The second-order valence-electron chi connectivity index (χ2n) is 13.3. The van der Waals surface area contributed by atoms with Gasteiger partial charge in [-0.15, -0.1) is 0 Å². The van der Waals surface area contributed by atoms with Gasteiger partial charge in [0.2, 0.25) is 5.91 Å². The van der Waals surface area contributed by atoms with Gasteiger partial charge < -0.3 is 15.5 Å². The second-order valence-corrected chi connectivity index (χ2v) is 13.3. The summed E-state index contributed by atoms with van der Waals surface area (Å²) in [6.07, 6.45) is 47.8. The third-order valence-electron chi connectivity index (χ3n) is 8.92. The Morgan fingerprint density at radius 3 is 1.47 bits per heavy atom. The van der Waals surface area contributed by atoms with Gasteiger partial charge in [-0.3, -0.25) is 4.79 Å². The maximum absolute atomic E-state index is 12.3. The Hall–Kier alpha value is -1.39. The van der Waals surface area contributed by atoms with Crippen LogP contribution in [0.1, 0.15) is 200 Å². The van der Waals surface area contributed by atoms with Crippen molar-refractivity contribution in [2.45, 2.75) is 212 Å². The van der Waals surface area contributed by atoms with E-state index in [2.05, 4.69) is 55.6 Å². The lowest BCUT2D eigenvalue weighted by Crippen LogP contribution is -2.45. The zero-order valence-corrected chi connectivity index (χ0v) is 30.1. The standard InChI is InChI=1S/C41H77NO3/c1-3-5-7-9-11-13-15-17-19-20-21-23-24-26-28-30-32-34-36-40(44)39(38-43)42-41(45)37-35-33-31-29-27-25-22-18-16-14-12-10-8-6-4-2/h6,8,12,14,18,22,39-40,43-44H,3-5,7,9-11,13,15-17,19-21,23-38H2,1-2H3,(H,42,45)/b8-6-,14-12-,22-18-. The molecule has 264 valence electrons. The average molecular weight is 632 g/mol. The van der Waals surface area contributed by atoms with E-state index >= 15 is 0 Å². The van der Waals surface area contributed by atoms with Crippen LogP contribution in [0.4, 0.5) is 0 Å². The predicted molar refractivity (Wildman–Crippen MR) is 198 cm³/mol. The minimum Gasteiger partial charge on any atom is -0.394 e. The Morgan fingerprint density at radius 2 is 0.978 bits per heavy atom. The molecular weight excluding hydrogens is 554 g/mol. The number of nitrogens with one attached hydrogen (secondary N) is 1. The van der Waals surface area contributed by atoms with Gasteiger partial charge in [0.15, 0.2) is 0 Å². The highest BCUT2D eigenvalue weighted by molar-refractivity contribution is 5.76. The fourth-order valence-electron chi connectivity index (χ4n) is 5.90. The summed E-state index contributed by atoms with van der Waals surface area (Å²) in [5, 5.41) is 23.1. The van der Waals surface area contributed by atoms with Gasteiger partial charge in [0.05, 0.1) is 18.8 Å². The van der Waals surface area contributed by atoms with Crippen LogP contribution < -0.4 is 5.32 Å². The molecule has 4 nitrogen and oxygen atoms in total. The average Bonchev–Trinajstić information content (AvgIpc) is 3.04. The molecule has 0 aromatic carbocycles. The molecule has 2 atom stereocenters. The largest absolute Gasteiger partial charge is 0.394 e. The van der Waals surface area contributed by atoms with E-state index in [1.54, 1.807) is 0 Å². The third kappa shape index (κ3) is 33.8. The van der Waals surface area contributed by atoms with Crippen LogP contribution in [0.5, 0.6) is 0 Å². The highest BCUT2D eigenvalue weighted by atomic mass is 16.3. The fraction of sp³-hybridized carbons (Fsp3) is 0.829. The first-order valence-corrected chi connectivity index (χ1v) is 19.7. The molecule has 45 heavy (non-hydrogen) atoms. The summed E-state index contributed by atoms with van der Waals surface area (Å²) < 4.78 is 0. The summed E-state index contributed by atoms with van der Waals surface area (Å²) in [5.41, 5.74) is 0. The number of carbonyl (C=O) groups is 1. The van der Waals surface area contributed by atoms with Gasteiger partial charge in [0, 0.05) is 6.42 Å². The Balaban J connectivity index is 3.56. The fourth-order valence-corrected chi connectivity index (χ4v) is 5.90. The molecule has 0 spiro atoms. The van der Waals surface area contributed by atoms with Crippen molar-refractivity contribution < 1.29 is 15.0 Å². The number of unbranched alkanes of at least 4 members (excludes halogenated alkanes) is 22. The molecule has 1 amide bonds. The van der Waals surface area contributed by atoms with E-state index in [-0.39, 0.29) is 12.5 Å². The summed E-state index contributed by atoms with van der Waals surface area (Å²) in [5.74, 6) is -0.0490. The van der Waals surface area contributed by atoms with Gasteiger partial charge in [0.25, 0.3) is 0 Å². The summed E-state index contributed by atoms with van der Waals surface area (Å²) in [6, 6.07) is -0.544. The van der Waals surface area contributed by atoms with Crippen molar-refractivity contribution in [2.75, 3.05) is 6.61 Å². The first-order chi connectivity index (χ1) is 22.2. The summed E-state index contributed by atoms with van der Waals surface area (Å²) in [4.78, 5) is 12.3. The van der Waals surface area contributed by atoms with Crippen LogP contribution in [-0.4, -0.2) is 34.9 Å². The topological polar surface area (TPSA) is 69.6 Å². The van der Waals surface area contributed by atoms with Crippen molar-refractivity contribution in [3.05, 3.63) is 36.5 Å². The molecule has 0 radical (unpaired) electrons. The van der Waals surface area contributed by atoms with Crippen molar-refractivity contribution >= 4 is 5.91 Å². The van der Waals surface area contributed by atoms with E-state index < -0.39 is 12.1 Å². The molecule has 0 rings (SSSR count). The molecular formula is C41H77NO3. The lowest BCUT2D eigenvalue weighted by molar-refractivity contribution is -0.123. The zero-order valence-electron chi connectivity index (χ0n) is 30.1. The summed E-state index contributed by atoms with van der Waals surface area (Å²) >= 11 is 0. The van der Waals surface area contributed by atoms with Crippen LogP contribution in [0.15, 0.2) is 36.5 Å². The van der Waals surface area contributed by atoms with Gasteiger partial charge in [-0.2, -0.15) is 0 Å². The van der Waals surface area contributed by atoms with E-state index in [0.29, 0.717) is 12.8 Å². The van der Waals surface area contributed by atoms with E-state index in [0.717, 1.165) is 57.8 Å². The van der Waals surface area contributed by atoms with Crippen LogP contribution in [0, 0.1) is 0 Å². The smallest absolute Gasteiger partial charge is 0.220 e. The Bertz CT molecular complexity index is 686. The number of hydrogen-bond donors (Lipinski definition) is 3. The molecule has 0 aliphatic rings. The monoisotopic (exact) mass is 632 g/mol. The predicted octanol–water partition coefficient (Wildman–Crippen LogP) is 11.8. The lowest BCUT2D eigenvalue weighted by Gasteiger charge is -2.22. The van der Waals surface area contributed by atoms with E-state index in [1.807, 2.05) is 0 Å². The molecule has 0 aliphatic carbocycles. The molecule has 4 heteroatoms. The highest BCUT2D eigenvalue weighted by Gasteiger charge is 2.19. The van der Waals surface area contributed by atoms with Crippen molar-refractivity contribution in [1.82, 2.24) is 5.32 Å². The quantitative estimate of drug-likeness (QED) is 0.0481. The van der Waals surface area contributed by atoms with E-state index in [4.69, 9.17) is 0 Å². The van der Waals surface area contributed by atoms with Gasteiger partial charge in [0.1, 0.15) is 0 Å². The number of aliphatic hydroxyl groups is 2. The Labute approximate surface area is 281 Å². The number of aliphatic hydroxyl groups excluding tert-OH is 2. The molecule has 3 N–H and O–H groups in total. The summed E-state index contributed by atoms with van der Waals surface area (Å²) in [7, 11) is 0. The molecule has 0 fully saturated rings. The molecule has 0 saturated heterocycles. The number of carbonyl (C=O) groups excluding carboxylic acids is 1. The lowest BCUT2D eigenvalue weighted by atomic mass is 10.0. The van der Waals surface area contributed by atoms with Crippen molar-refractivity contribution in [2.24, 2.45) is 0 Å². The van der Waals surface area contributed by atoms with Gasteiger partial charge in [-0.1, -0.05) is 185 Å². The number of rotatable bonds is 35. The van der Waals surface area contributed by atoms with Crippen LogP contribution >= 0.6 is 0 Å². The maximum atomic E-state index is 12.3. The minimum absolute atomic E-state index is 0.0490. The molecule has 0 aliphatic heterocycles. The zero-order chi connectivity index (χ0) is 32.9. The SMILES string of the molecule is CC/C=C\C/C=C\C/C=C\CCCCCCCC(=O)NC(CO)C(O)CCCCCCCCCCCCCCCCCCCC. The van der Waals surface area contributed by atoms with Crippen molar-refractivity contribution in [3.8, 4) is 0 Å². The molecule has 0 aromatic heterocycles. The van der Waals surface area contributed by atoms with Gasteiger partial charge in [-0.25, -0.2) is 0 Å². The normalized spacial score (nSPS) is 13.4. The van der Waals surface area contributed by atoms with Gasteiger partial charge >= 0.3 is 0 Å².